The van der Waals surface area contributed by atoms with Crippen molar-refractivity contribution in [2.24, 2.45) is 0 Å². The fourth-order valence-corrected chi connectivity index (χ4v) is 3.49. The van der Waals surface area contributed by atoms with Crippen molar-refractivity contribution in [1.29, 1.82) is 0 Å². The number of aryl methyl sites for hydroxylation is 1. The summed E-state index contributed by atoms with van der Waals surface area (Å²) in [7, 11) is -3.46. The number of rotatable bonds is 6. The van der Waals surface area contributed by atoms with Crippen molar-refractivity contribution in [2.75, 3.05) is 24.3 Å². The zero-order valence-electron chi connectivity index (χ0n) is 11.0. The van der Waals surface area contributed by atoms with Crippen molar-refractivity contribution < 1.29 is 8.42 Å². The molecule has 0 radical (unpaired) electrons. The van der Waals surface area contributed by atoms with Crippen LogP contribution in [-0.4, -0.2) is 27.0 Å². The van der Waals surface area contributed by atoms with Crippen LogP contribution in [0.3, 0.4) is 0 Å². The van der Waals surface area contributed by atoms with Gasteiger partial charge in [-0.25, -0.2) is 13.1 Å². The highest BCUT2D eigenvalue weighted by molar-refractivity contribution is 7.98. The lowest BCUT2D eigenvalue weighted by molar-refractivity contribution is 0.580. The first-order valence-corrected chi connectivity index (χ1v) is 8.61. The molecule has 18 heavy (non-hydrogen) atoms. The summed E-state index contributed by atoms with van der Waals surface area (Å²) in [6, 6.07) is 3.29. The number of hydrogen-bond donors (Lipinski definition) is 2. The number of sulfonamides is 1. The van der Waals surface area contributed by atoms with Crippen LogP contribution < -0.4 is 10.5 Å². The minimum Gasteiger partial charge on any atom is -0.399 e. The molecule has 0 atom stereocenters. The molecule has 0 spiro atoms. The Labute approximate surface area is 113 Å². The smallest absolute Gasteiger partial charge is 0.240 e. The van der Waals surface area contributed by atoms with Crippen molar-refractivity contribution in [1.82, 2.24) is 4.72 Å². The lowest BCUT2D eigenvalue weighted by Crippen LogP contribution is -2.26. The Morgan fingerprint density at radius 2 is 2.00 bits per heavy atom. The Kier molecular flexibility index (Phi) is 5.49. The number of nitrogens with two attached hydrogens (primary N) is 1. The summed E-state index contributed by atoms with van der Waals surface area (Å²) >= 11 is 1.70. The number of nitrogen functional groups attached to an aromatic ring is 1. The van der Waals surface area contributed by atoms with Gasteiger partial charge in [0.05, 0.1) is 4.90 Å². The molecule has 3 N–H and O–H groups in total. The van der Waals surface area contributed by atoms with Crippen LogP contribution in [0.25, 0.3) is 0 Å². The van der Waals surface area contributed by atoms with E-state index >= 15 is 0 Å². The summed E-state index contributed by atoms with van der Waals surface area (Å²) in [5.74, 6) is 0.942. The fraction of sp³-hybridized carbons (Fsp3) is 0.500. The number of benzene rings is 1. The number of thioether (sulfide) groups is 1. The lowest BCUT2D eigenvalue weighted by atomic mass is 10.1. The topological polar surface area (TPSA) is 72.2 Å². The number of anilines is 1. The van der Waals surface area contributed by atoms with Crippen molar-refractivity contribution in [3.05, 3.63) is 23.3 Å². The van der Waals surface area contributed by atoms with Gasteiger partial charge in [0.2, 0.25) is 10.0 Å². The fourth-order valence-electron chi connectivity index (χ4n) is 1.63. The third kappa shape index (κ3) is 3.90. The van der Waals surface area contributed by atoms with E-state index in [1.54, 1.807) is 24.8 Å². The molecule has 0 saturated carbocycles. The molecule has 1 rings (SSSR count). The van der Waals surface area contributed by atoms with Gasteiger partial charge < -0.3 is 5.73 Å². The van der Waals surface area contributed by atoms with Crippen LogP contribution in [0.1, 0.15) is 17.5 Å². The van der Waals surface area contributed by atoms with E-state index in [-0.39, 0.29) is 4.90 Å². The summed E-state index contributed by atoms with van der Waals surface area (Å²) in [6.07, 6.45) is 2.82. The van der Waals surface area contributed by atoms with Crippen LogP contribution in [0.5, 0.6) is 0 Å². The average Bonchev–Trinajstić information content (AvgIpc) is 2.29. The van der Waals surface area contributed by atoms with Crippen LogP contribution in [-0.2, 0) is 10.0 Å². The highest BCUT2D eigenvalue weighted by Gasteiger charge is 2.17. The SMILES string of the molecule is CSCCCNS(=O)(=O)c1cc(N)cc(C)c1C. The Bertz CT molecular complexity index is 513. The van der Waals surface area contributed by atoms with Crippen molar-refractivity contribution in [3.63, 3.8) is 0 Å². The Balaban J connectivity index is 2.91. The van der Waals surface area contributed by atoms with Gasteiger partial charge in [-0.05, 0) is 55.5 Å². The van der Waals surface area contributed by atoms with Gasteiger partial charge in [0, 0.05) is 12.2 Å². The van der Waals surface area contributed by atoms with Crippen molar-refractivity contribution in [2.45, 2.75) is 25.2 Å². The molecule has 6 heteroatoms. The van der Waals surface area contributed by atoms with Gasteiger partial charge in [0.1, 0.15) is 0 Å². The first-order valence-electron chi connectivity index (χ1n) is 5.74. The summed E-state index contributed by atoms with van der Waals surface area (Å²) in [4.78, 5) is 0.282. The molecule has 0 aliphatic rings. The van der Waals surface area contributed by atoms with Crippen LogP contribution in [0, 0.1) is 13.8 Å². The third-order valence-electron chi connectivity index (χ3n) is 2.75. The Hall–Kier alpha value is -0.720. The molecule has 0 saturated heterocycles. The molecular formula is C12H20N2O2S2. The molecule has 0 aliphatic carbocycles. The largest absolute Gasteiger partial charge is 0.399 e. The predicted octanol–water partition coefficient (Wildman–Crippen LogP) is 1.92. The highest BCUT2D eigenvalue weighted by atomic mass is 32.2. The van der Waals surface area contributed by atoms with E-state index < -0.39 is 10.0 Å². The van der Waals surface area contributed by atoms with Gasteiger partial charge in [0.15, 0.2) is 0 Å². The van der Waals surface area contributed by atoms with Crippen LogP contribution >= 0.6 is 11.8 Å². The zero-order valence-corrected chi connectivity index (χ0v) is 12.6. The first kappa shape index (κ1) is 15.3. The molecule has 4 nitrogen and oxygen atoms in total. The molecule has 0 aromatic heterocycles. The molecule has 0 fully saturated rings. The third-order valence-corrected chi connectivity index (χ3v) is 5.03. The molecule has 0 amide bonds. The molecule has 0 heterocycles. The molecule has 102 valence electrons. The standard InChI is InChI=1S/C12H20N2O2S2/c1-9-7-11(13)8-12(10(9)2)18(15,16)14-5-4-6-17-3/h7-8,14H,4-6,13H2,1-3H3. The Morgan fingerprint density at radius 3 is 2.61 bits per heavy atom. The van der Waals surface area contributed by atoms with Gasteiger partial charge in [-0.15, -0.1) is 0 Å². The van der Waals surface area contributed by atoms with Gasteiger partial charge in [-0.2, -0.15) is 11.8 Å². The van der Waals surface area contributed by atoms with E-state index in [0.717, 1.165) is 23.3 Å². The minimum absolute atomic E-state index is 0.282. The second-order valence-electron chi connectivity index (χ2n) is 4.21. The van der Waals surface area contributed by atoms with E-state index in [9.17, 15) is 8.42 Å². The van der Waals surface area contributed by atoms with E-state index in [4.69, 9.17) is 5.73 Å². The molecule has 0 unspecified atom stereocenters. The van der Waals surface area contributed by atoms with Crippen molar-refractivity contribution >= 4 is 27.5 Å². The van der Waals surface area contributed by atoms with E-state index in [0.29, 0.717) is 12.2 Å². The number of nitrogens with one attached hydrogen (secondary N) is 1. The molecule has 0 bridgehead atoms. The van der Waals surface area contributed by atoms with Gasteiger partial charge >= 0.3 is 0 Å². The zero-order chi connectivity index (χ0) is 13.8. The number of hydrogen-bond acceptors (Lipinski definition) is 4. The maximum Gasteiger partial charge on any atom is 0.240 e. The lowest BCUT2D eigenvalue weighted by Gasteiger charge is -2.12. The second kappa shape index (κ2) is 6.45. The van der Waals surface area contributed by atoms with E-state index in [1.807, 2.05) is 13.2 Å². The van der Waals surface area contributed by atoms with Gasteiger partial charge in [-0.3, -0.25) is 0 Å². The quantitative estimate of drug-likeness (QED) is 0.619. The van der Waals surface area contributed by atoms with Gasteiger partial charge in [0.25, 0.3) is 0 Å². The van der Waals surface area contributed by atoms with E-state index in [2.05, 4.69) is 4.72 Å². The molecule has 1 aromatic rings. The normalized spacial score (nSPS) is 11.7. The van der Waals surface area contributed by atoms with Crippen LogP contribution in [0.15, 0.2) is 17.0 Å². The van der Waals surface area contributed by atoms with Crippen LogP contribution in [0.2, 0.25) is 0 Å². The monoisotopic (exact) mass is 288 g/mol. The van der Waals surface area contributed by atoms with Gasteiger partial charge in [-0.1, -0.05) is 0 Å². The summed E-state index contributed by atoms with van der Waals surface area (Å²) in [5, 5.41) is 0. The maximum absolute atomic E-state index is 12.1. The van der Waals surface area contributed by atoms with E-state index in [1.165, 1.54) is 6.07 Å². The van der Waals surface area contributed by atoms with Crippen molar-refractivity contribution in [3.8, 4) is 0 Å². The Morgan fingerprint density at radius 1 is 1.33 bits per heavy atom. The molecule has 1 aromatic carbocycles. The van der Waals surface area contributed by atoms with Crippen LogP contribution in [0.4, 0.5) is 5.69 Å². The highest BCUT2D eigenvalue weighted by Crippen LogP contribution is 2.22. The molecule has 0 aliphatic heterocycles. The predicted molar refractivity (Wildman–Crippen MR) is 78.5 cm³/mol. The second-order valence-corrected chi connectivity index (χ2v) is 6.93. The minimum atomic E-state index is -3.46. The maximum atomic E-state index is 12.1. The summed E-state index contributed by atoms with van der Waals surface area (Å²) in [5.41, 5.74) is 7.82. The molecular weight excluding hydrogens is 268 g/mol. The average molecular weight is 288 g/mol. The summed E-state index contributed by atoms with van der Waals surface area (Å²) in [6.45, 7) is 4.11. The summed E-state index contributed by atoms with van der Waals surface area (Å²) < 4.78 is 26.9. The first-order chi connectivity index (χ1) is 8.38.